The lowest BCUT2D eigenvalue weighted by Gasteiger charge is -1.80. The van der Waals surface area contributed by atoms with E-state index in [1.807, 2.05) is 0 Å². The fourth-order valence-corrected chi connectivity index (χ4v) is 0.979. The van der Waals surface area contributed by atoms with Gasteiger partial charge in [-0.25, -0.2) is 0 Å². The Morgan fingerprint density at radius 3 is 2.14 bits per heavy atom. The van der Waals surface area contributed by atoms with Crippen LogP contribution in [-0.2, 0) is 0 Å². The molecule has 0 bridgehead atoms. The molecule has 0 aromatic heterocycles. The summed E-state index contributed by atoms with van der Waals surface area (Å²) in [6.45, 7) is 3.58. The van der Waals surface area contributed by atoms with Crippen LogP contribution in [0.1, 0.15) is 25.7 Å². The SMILES string of the molecule is C=C=C1CCCC1. The van der Waals surface area contributed by atoms with Crippen LogP contribution in [0.25, 0.3) is 0 Å². The zero-order valence-electron chi connectivity index (χ0n) is 4.54. The zero-order valence-corrected chi connectivity index (χ0v) is 4.54. The second-order valence-electron chi connectivity index (χ2n) is 1.99. The van der Waals surface area contributed by atoms with Gasteiger partial charge in [-0.15, -0.1) is 5.73 Å². The van der Waals surface area contributed by atoms with Gasteiger partial charge in [-0.2, -0.15) is 0 Å². The third kappa shape index (κ3) is 0.942. The van der Waals surface area contributed by atoms with E-state index >= 15 is 0 Å². The molecule has 1 aliphatic carbocycles. The second kappa shape index (κ2) is 1.99. The van der Waals surface area contributed by atoms with Crippen molar-refractivity contribution < 1.29 is 0 Å². The van der Waals surface area contributed by atoms with Gasteiger partial charge in [0.15, 0.2) is 0 Å². The Bertz CT molecular complexity index is 97.2. The molecule has 0 atom stereocenters. The highest BCUT2D eigenvalue weighted by atomic mass is 14.1. The average molecular weight is 94.2 g/mol. The highest BCUT2D eigenvalue weighted by molar-refractivity contribution is 5.02. The van der Waals surface area contributed by atoms with Crippen molar-refractivity contribution in [2.75, 3.05) is 0 Å². The molecular formula is C7H10. The van der Waals surface area contributed by atoms with E-state index in [0.29, 0.717) is 0 Å². The molecule has 0 aromatic rings. The minimum absolute atomic E-state index is 1.25. The van der Waals surface area contributed by atoms with Gasteiger partial charge in [-0.3, -0.25) is 0 Å². The summed E-state index contributed by atoms with van der Waals surface area (Å²) in [5.74, 6) is 0. The van der Waals surface area contributed by atoms with Gasteiger partial charge in [0, 0.05) is 0 Å². The molecule has 0 radical (unpaired) electrons. The van der Waals surface area contributed by atoms with E-state index in [2.05, 4.69) is 12.3 Å². The summed E-state index contributed by atoms with van der Waals surface area (Å²) in [5.41, 5.74) is 4.36. The first-order valence-electron chi connectivity index (χ1n) is 2.81. The molecule has 0 N–H and O–H groups in total. The Morgan fingerprint density at radius 2 is 1.86 bits per heavy atom. The first-order chi connectivity index (χ1) is 3.43. The molecule has 0 heterocycles. The van der Waals surface area contributed by atoms with Gasteiger partial charge in [0.2, 0.25) is 0 Å². The average Bonchev–Trinajstić information content (AvgIpc) is 2.14. The molecule has 0 aromatic carbocycles. The molecule has 1 fully saturated rings. The summed E-state index contributed by atoms with van der Waals surface area (Å²) in [4.78, 5) is 0. The smallest absolute Gasteiger partial charge is 0.0244 e. The lowest BCUT2D eigenvalue weighted by Crippen LogP contribution is -1.61. The van der Waals surface area contributed by atoms with E-state index in [4.69, 9.17) is 0 Å². The van der Waals surface area contributed by atoms with E-state index in [1.165, 1.54) is 31.3 Å². The molecule has 1 saturated carbocycles. The van der Waals surface area contributed by atoms with Crippen molar-refractivity contribution >= 4 is 0 Å². The molecule has 0 unspecified atom stereocenters. The highest BCUT2D eigenvalue weighted by Gasteiger charge is 2.03. The molecule has 0 saturated heterocycles. The molecule has 0 spiro atoms. The van der Waals surface area contributed by atoms with Crippen molar-refractivity contribution in [3.63, 3.8) is 0 Å². The van der Waals surface area contributed by atoms with Crippen molar-refractivity contribution in [2.24, 2.45) is 0 Å². The van der Waals surface area contributed by atoms with Crippen LogP contribution in [-0.4, -0.2) is 0 Å². The zero-order chi connectivity index (χ0) is 5.11. The van der Waals surface area contributed by atoms with E-state index in [1.54, 1.807) is 0 Å². The summed E-state index contributed by atoms with van der Waals surface area (Å²) in [7, 11) is 0. The van der Waals surface area contributed by atoms with Gasteiger partial charge >= 0.3 is 0 Å². The second-order valence-corrected chi connectivity index (χ2v) is 1.99. The van der Waals surface area contributed by atoms with Gasteiger partial charge in [0.05, 0.1) is 0 Å². The van der Waals surface area contributed by atoms with Gasteiger partial charge in [-0.1, -0.05) is 6.58 Å². The van der Waals surface area contributed by atoms with E-state index in [9.17, 15) is 0 Å². The largest absolute Gasteiger partial charge is 0.130 e. The van der Waals surface area contributed by atoms with Crippen LogP contribution in [0, 0.1) is 0 Å². The minimum atomic E-state index is 1.25. The normalized spacial score (nSPS) is 19.7. The molecule has 0 nitrogen and oxygen atoms in total. The fraction of sp³-hybridized carbons (Fsp3) is 0.571. The quantitative estimate of drug-likeness (QED) is 0.404. The van der Waals surface area contributed by atoms with Crippen molar-refractivity contribution in [2.45, 2.75) is 25.7 Å². The molecule has 1 rings (SSSR count). The summed E-state index contributed by atoms with van der Waals surface area (Å²) in [5, 5.41) is 0. The van der Waals surface area contributed by atoms with Crippen LogP contribution in [0.4, 0.5) is 0 Å². The summed E-state index contributed by atoms with van der Waals surface area (Å²) >= 11 is 0. The van der Waals surface area contributed by atoms with Crippen molar-refractivity contribution in [1.29, 1.82) is 0 Å². The van der Waals surface area contributed by atoms with Gasteiger partial charge in [-0.05, 0) is 31.3 Å². The number of hydrogen-bond acceptors (Lipinski definition) is 0. The van der Waals surface area contributed by atoms with E-state index in [0.717, 1.165) is 0 Å². The maximum atomic E-state index is 3.58. The Kier molecular flexibility index (Phi) is 1.33. The van der Waals surface area contributed by atoms with Gasteiger partial charge in [0.25, 0.3) is 0 Å². The lowest BCUT2D eigenvalue weighted by molar-refractivity contribution is 0.886. The Hall–Kier alpha value is -0.480. The van der Waals surface area contributed by atoms with Crippen LogP contribution >= 0.6 is 0 Å². The molecule has 7 heavy (non-hydrogen) atoms. The molecule has 0 aliphatic heterocycles. The summed E-state index contributed by atoms with van der Waals surface area (Å²) < 4.78 is 0. The van der Waals surface area contributed by atoms with Crippen molar-refractivity contribution in [3.05, 3.63) is 17.9 Å². The van der Waals surface area contributed by atoms with Crippen LogP contribution in [0.5, 0.6) is 0 Å². The Morgan fingerprint density at radius 1 is 1.29 bits per heavy atom. The Balaban J connectivity index is 2.57. The van der Waals surface area contributed by atoms with E-state index < -0.39 is 0 Å². The maximum absolute atomic E-state index is 3.58. The molecular weight excluding hydrogens is 84.1 g/mol. The van der Waals surface area contributed by atoms with Gasteiger partial charge < -0.3 is 0 Å². The molecule has 0 amide bonds. The monoisotopic (exact) mass is 94.1 g/mol. The fourth-order valence-electron chi connectivity index (χ4n) is 0.979. The minimum Gasteiger partial charge on any atom is -0.130 e. The number of allylic oxidation sites excluding steroid dienone is 1. The molecule has 0 heteroatoms. The summed E-state index contributed by atoms with van der Waals surface area (Å²) in [6, 6.07) is 0. The topological polar surface area (TPSA) is 0 Å². The molecule has 1 aliphatic rings. The predicted octanol–water partition coefficient (Wildman–Crippen LogP) is 2.27. The highest BCUT2D eigenvalue weighted by Crippen LogP contribution is 2.21. The first kappa shape index (κ1) is 4.67. The summed E-state index contributed by atoms with van der Waals surface area (Å²) in [6.07, 6.45) is 5.22. The van der Waals surface area contributed by atoms with Crippen LogP contribution in [0.2, 0.25) is 0 Å². The molecule has 38 valence electrons. The third-order valence-electron chi connectivity index (χ3n) is 1.46. The predicted molar refractivity (Wildman–Crippen MR) is 31.1 cm³/mol. The number of hydrogen-bond donors (Lipinski definition) is 0. The maximum Gasteiger partial charge on any atom is -0.0244 e. The van der Waals surface area contributed by atoms with Crippen LogP contribution in [0.3, 0.4) is 0 Å². The van der Waals surface area contributed by atoms with Crippen LogP contribution < -0.4 is 0 Å². The first-order valence-corrected chi connectivity index (χ1v) is 2.81. The number of rotatable bonds is 0. The lowest BCUT2D eigenvalue weighted by atomic mass is 10.2. The van der Waals surface area contributed by atoms with Crippen LogP contribution in [0.15, 0.2) is 17.9 Å². The Labute approximate surface area is 44.5 Å². The van der Waals surface area contributed by atoms with Crippen molar-refractivity contribution in [1.82, 2.24) is 0 Å². The third-order valence-corrected chi connectivity index (χ3v) is 1.46. The van der Waals surface area contributed by atoms with Crippen molar-refractivity contribution in [3.8, 4) is 0 Å². The van der Waals surface area contributed by atoms with Gasteiger partial charge in [0.1, 0.15) is 0 Å². The van der Waals surface area contributed by atoms with E-state index in [-0.39, 0.29) is 0 Å². The standard InChI is InChI=1S/C7H10/c1-2-7-5-3-4-6-7/h1,3-6H2.